The number of carbonyl (C=O) groups excluding carboxylic acids is 1. The standard InChI is InChI=1S/C21H18F3N7O/c1-3-18(32)27-15-5-4-6-16(11-15)28-19-17(21(22,23)24)12-26-20(29-19)31-30-13(2)14-7-9-25-10-8-14/h3-12H,1H2,2H3,(H,27,32)(H2,26,28,29,31)/b30-13+. The van der Waals surface area contributed by atoms with E-state index in [0.29, 0.717) is 17.6 Å². The summed E-state index contributed by atoms with van der Waals surface area (Å²) in [5.74, 6) is -1.06. The average molecular weight is 441 g/mol. The van der Waals surface area contributed by atoms with Crippen molar-refractivity contribution in [2.45, 2.75) is 13.1 Å². The maximum Gasteiger partial charge on any atom is 0.421 e. The summed E-state index contributed by atoms with van der Waals surface area (Å²) in [6.45, 7) is 5.07. The van der Waals surface area contributed by atoms with E-state index in [1.54, 1.807) is 43.6 Å². The number of anilines is 4. The normalized spacial score (nSPS) is 11.6. The molecule has 1 aromatic carbocycles. The van der Waals surface area contributed by atoms with E-state index >= 15 is 0 Å². The van der Waals surface area contributed by atoms with Gasteiger partial charge in [0.1, 0.15) is 11.4 Å². The molecule has 0 aliphatic carbocycles. The molecule has 32 heavy (non-hydrogen) atoms. The first-order chi connectivity index (χ1) is 15.3. The molecule has 0 radical (unpaired) electrons. The minimum atomic E-state index is -4.69. The van der Waals surface area contributed by atoms with Crippen molar-refractivity contribution >= 4 is 34.8 Å². The largest absolute Gasteiger partial charge is 0.421 e. The monoisotopic (exact) mass is 441 g/mol. The lowest BCUT2D eigenvalue weighted by atomic mass is 10.2. The van der Waals surface area contributed by atoms with Crippen molar-refractivity contribution in [3.63, 3.8) is 0 Å². The number of nitrogens with zero attached hydrogens (tertiary/aromatic N) is 4. The Morgan fingerprint density at radius 3 is 2.56 bits per heavy atom. The van der Waals surface area contributed by atoms with E-state index in [0.717, 1.165) is 11.6 Å². The summed E-state index contributed by atoms with van der Waals surface area (Å²) < 4.78 is 40.4. The van der Waals surface area contributed by atoms with Crippen LogP contribution in [0.15, 0.2) is 72.7 Å². The SMILES string of the molecule is C=CC(=O)Nc1cccc(Nc2nc(N/N=C(\C)c3ccncc3)ncc2C(F)(F)F)c1. The summed E-state index contributed by atoms with van der Waals surface area (Å²) in [6, 6.07) is 9.61. The lowest BCUT2D eigenvalue weighted by molar-refractivity contribution is -0.137. The topological polar surface area (TPSA) is 104 Å². The summed E-state index contributed by atoms with van der Waals surface area (Å²) in [7, 11) is 0. The lowest BCUT2D eigenvalue weighted by Crippen LogP contribution is -2.13. The Balaban J connectivity index is 1.88. The van der Waals surface area contributed by atoms with E-state index in [-0.39, 0.29) is 11.6 Å². The maximum absolute atomic E-state index is 13.5. The zero-order chi connectivity index (χ0) is 23.1. The molecule has 3 rings (SSSR count). The molecule has 0 aliphatic rings. The van der Waals surface area contributed by atoms with Crippen LogP contribution in [0.5, 0.6) is 0 Å². The van der Waals surface area contributed by atoms with Gasteiger partial charge in [0.05, 0.1) is 5.71 Å². The van der Waals surface area contributed by atoms with Crippen LogP contribution in [-0.4, -0.2) is 26.6 Å². The van der Waals surface area contributed by atoms with Crippen LogP contribution in [0.2, 0.25) is 0 Å². The van der Waals surface area contributed by atoms with Crippen LogP contribution < -0.4 is 16.1 Å². The molecule has 3 aromatic rings. The molecule has 0 bridgehead atoms. The molecule has 0 saturated carbocycles. The van der Waals surface area contributed by atoms with E-state index in [4.69, 9.17) is 0 Å². The Morgan fingerprint density at radius 2 is 1.88 bits per heavy atom. The first-order valence-corrected chi connectivity index (χ1v) is 9.21. The number of amides is 1. The van der Waals surface area contributed by atoms with Crippen LogP contribution in [0.3, 0.4) is 0 Å². The molecule has 11 heteroatoms. The summed E-state index contributed by atoms with van der Waals surface area (Å²) in [5.41, 5.74) is 3.50. The maximum atomic E-state index is 13.5. The molecule has 1 amide bonds. The number of pyridine rings is 1. The van der Waals surface area contributed by atoms with Crippen LogP contribution in [0.4, 0.5) is 36.3 Å². The van der Waals surface area contributed by atoms with E-state index < -0.39 is 23.5 Å². The van der Waals surface area contributed by atoms with Crippen molar-refractivity contribution in [3.05, 3.63) is 78.8 Å². The lowest BCUT2D eigenvalue weighted by Gasteiger charge is -2.15. The fourth-order valence-electron chi connectivity index (χ4n) is 2.53. The van der Waals surface area contributed by atoms with Crippen LogP contribution >= 0.6 is 0 Å². The molecule has 0 saturated heterocycles. The van der Waals surface area contributed by atoms with Crippen LogP contribution in [0.25, 0.3) is 0 Å². The Hall–Kier alpha value is -4.28. The number of carbonyl (C=O) groups is 1. The van der Waals surface area contributed by atoms with E-state index in [2.05, 4.69) is 42.7 Å². The highest BCUT2D eigenvalue weighted by atomic mass is 19.4. The minimum Gasteiger partial charge on any atom is -0.339 e. The molecule has 3 N–H and O–H groups in total. The third-order valence-electron chi connectivity index (χ3n) is 4.09. The number of hydrogen-bond donors (Lipinski definition) is 3. The second kappa shape index (κ2) is 9.69. The molecule has 0 atom stereocenters. The summed E-state index contributed by atoms with van der Waals surface area (Å²) in [4.78, 5) is 23.0. The third-order valence-corrected chi connectivity index (χ3v) is 4.09. The van der Waals surface area contributed by atoms with Gasteiger partial charge in [-0.2, -0.15) is 23.3 Å². The second-order valence-corrected chi connectivity index (χ2v) is 6.40. The Morgan fingerprint density at radius 1 is 1.16 bits per heavy atom. The zero-order valence-electron chi connectivity index (χ0n) is 16.8. The van der Waals surface area contributed by atoms with Gasteiger partial charge in [-0.25, -0.2) is 10.4 Å². The number of nitrogens with one attached hydrogen (secondary N) is 3. The van der Waals surface area contributed by atoms with Crippen molar-refractivity contribution in [2.24, 2.45) is 5.10 Å². The smallest absolute Gasteiger partial charge is 0.339 e. The van der Waals surface area contributed by atoms with Crippen LogP contribution in [0.1, 0.15) is 18.1 Å². The van der Waals surface area contributed by atoms with Crippen molar-refractivity contribution in [2.75, 3.05) is 16.1 Å². The van der Waals surface area contributed by atoms with Gasteiger partial charge in [-0.15, -0.1) is 0 Å². The van der Waals surface area contributed by atoms with E-state index in [9.17, 15) is 18.0 Å². The van der Waals surface area contributed by atoms with Gasteiger partial charge < -0.3 is 10.6 Å². The van der Waals surface area contributed by atoms with Gasteiger partial charge in [0.2, 0.25) is 11.9 Å². The molecule has 0 spiro atoms. The van der Waals surface area contributed by atoms with Gasteiger partial charge >= 0.3 is 6.18 Å². The molecule has 8 nitrogen and oxygen atoms in total. The highest BCUT2D eigenvalue weighted by Crippen LogP contribution is 2.35. The predicted molar refractivity (Wildman–Crippen MR) is 116 cm³/mol. The van der Waals surface area contributed by atoms with Crippen molar-refractivity contribution in [3.8, 4) is 0 Å². The van der Waals surface area contributed by atoms with Crippen LogP contribution in [-0.2, 0) is 11.0 Å². The number of halogens is 3. The average Bonchev–Trinajstić information content (AvgIpc) is 2.77. The van der Waals surface area contributed by atoms with Crippen molar-refractivity contribution in [1.82, 2.24) is 15.0 Å². The molecule has 0 unspecified atom stereocenters. The number of benzene rings is 1. The second-order valence-electron chi connectivity index (χ2n) is 6.40. The van der Waals surface area contributed by atoms with Gasteiger partial charge in [-0.3, -0.25) is 9.78 Å². The molecule has 2 heterocycles. The number of rotatable bonds is 7. The molecule has 2 aromatic heterocycles. The number of hydrogen-bond acceptors (Lipinski definition) is 7. The molecule has 0 fully saturated rings. The molecule has 0 aliphatic heterocycles. The fraction of sp³-hybridized carbons (Fsp3) is 0.0952. The number of hydrazone groups is 1. The van der Waals surface area contributed by atoms with E-state index in [1.165, 1.54) is 12.1 Å². The number of aromatic nitrogens is 3. The molecule has 164 valence electrons. The van der Waals surface area contributed by atoms with E-state index in [1.807, 2.05) is 0 Å². The fourth-order valence-corrected chi connectivity index (χ4v) is 2.53. The Bertz CT molecular complexity index is 1150. The summed E-state index contributed by atoms with van der Waals surface area (Å²) in [6.07, 6.45) is 0.246. The molecular weight excluding hydrogens is 423 g/mol. The predicted octanol–water partition coefficient (Wildman–Crippen LogP) is 4.59. The summed E-state index contributed by atoms with van der Waals surface area (Å²) >= 11 is 0. The first-order valence-electron chi connectivity index (χ1n) is 9.21. The quantitative estimate of drug-likeness (QED) is 0.281. The van der Waals surface area contributed by atoms with Crippen molar-refractivity contribution < 1.29 is 18.0 Å². The zero-order valence-corrected chi connectivity index (χ0v) is 16.8. The van der Waals surface area contributed by atoms with Gasteiger partial charge in [0.25, 0.3) is 0 Å². The highest BCUT2D eigenvalue weighted by molar-refractivity contribution is 5.99. The van der Waals surface area contributed by atoms with Gasteiger partial charge in [0, 0.05) is 35.5 Å². The Labute approximate surface area is 181 Å². The van der Waals surface area contributed by atoms with Crippen molar-refractivity contribution in [1.29, 1.82) is 0 Å². The van der Waals surface area contributed by atoms with Gasteiger partial charge in [-0.05, 0) is 43.3 Å². The molecular formula is C21H18F3N7O. The van der Waals surface area contributed by atoms with Crippen LogP contribution in [0, 0.1) is 0 Å². The highest BCUT2D eigenvalue weighted by Gasteiger charge is 2.35. The first kappa shape index (κ1) is 22.4. The van der Waals surface area contributed by atoms with Gasteiger partial charge in [-0.1, -0.05) is 12.6 Å². The van der Waals surface area contributed by atoms with Gasteiger partial charge in [0.15, 0.2) is 0 Å². The minimum absolute atomic E-state index is 0.134. The third kappa shape index (κ3) is 5.88. The number of alkyl halides is 3. The Kier molecular flexibility index (Phi) is 6.78. The summed E-state index contributed by atoms with van der Waals surface area (Å²) in [5, 5.41) is 9.27.